The number of hydrogen-bond acceptors (Lipinski definition) is 3. The minimum atomic E-state index is -0.442. The molecule has 1 aromatic heterocycles. The lowest BCUT2D eigenvalue weighted by molar-refractivity contribution is 0.629. The molecule has 0 amide bonds. The second-order valence-corrected chi connectivity index (χ2v) is 5.43. The van der Waals surface area contributed by atoms with Gasteiger partial charge in [0.15, 0.2) is 5.82 Å². The Morgan fingerprint density at radius 3 is 2.65 bits per heavy atom. The van der Waals surface area contributed by atoms with E-state index in [9.17, 15) is 4.39 Å². The fraction of sp³-hybridized carbons (Fsp3) is 0.333. The topological polar surface area (TPSA) is 37.8 Å². The molecule has 1 aliphatic rings. The van der Waals surface area contributed by atoms with Crippen molar-refractivity contribution in [3.63, 3.8) is 0 Å². The Bertz CT molecular complexity index is 612. The number of benzene rings is 1. The summed E-state index contributed by atoms with van der Waals surface area (Å²) < 4.78 is 13.5. The van der Waals surface area contributed by atoms with Crippen LogP contribution in [0.3, 0.4) is 0 Å². The minimum Gasteiger partial charge on any atom is -0.339 e. The molecule has 1 heterocycles. The molecule has 1 fully saturated rings. The van der Waals surface area contributed by atoms with Gasteiger partial charge in [0.1, 0.15) is 5.82 Å². The van der Waals surface area contributed by atoms with Crippen LogP contribution in [0.25, 0.3) is 0 Å². The first-order valence-electron chi connectivity index (χ1n) is 6.77. The highest BCUT2D eigenvalue weighted by Crippen LogP contribution is 2.36. The van der Waals surface area contributed by atoms with Crippen molar-refractivity contribution < 1.29 is 4.39 Å². The second-order valence-electron chi connectivity index (χ2n) is 5.03. The van der Waals surface area contributed by atoms with Gasteiger partial charge in [-0.1, -0.05) is 24.4 Å². The molecule has 1 aromatic carbocycles. The van der Waals surface area contributed by atoms with Crippen molar-refractivity contribution in [2.24, 2.45) is 0 Å². The first-order valence-corrected chi connectivity index (χ1v) is 7.15. The molecule has 3 nitrogen and oxygen atoms in total. The van der Waals surface area contributed by atoms with Crippen LogP contribution in [0.1, 0.15) is 37.3 Å². The Morgan fingerprint density at radius 1 is 1.15 bits per heavy atom. The molecule has 0 aliphatic heterocycles. The third kappa shape index (κ3) is 2.75. The van der Waals surface area contributed by atoms with E-state index in [0.29, 0.717) is 17.4 Å². The molecule has 104 valence electrons. The van der Waals surface area contributed by atoms with E-state index in [0.717, 1.165) is 18.5 Å². The van der Waals surface area contributed by atoms with Crippen molar-refractivity contribution in [2.45, 2.75) is 31.6 Å². The lowest BCUT2D eigenvalue weighted by Crippen LogP contribution is -2.04. The molecule has 0 bridgehead atoms. The molecule has 5 heteroatoms. The molecule has 0 atom stereocenters. The maximum absolute atomic E-state index is 13.5. The summed E-state index contributed by atoms with van der Waals surface area (Å²) in [6, 6.07) is 4.64. The summed E-state index contributed by atoms with van der Waals surface area (Å²) in [6.07, 6.45) is 8.10. The van der Waals surface area contributed by atoms with Crippen LogP contribution in [0.4, 0.5) is 15.9 Å². The molecule has 2 aromatic rings. The Kier molecular flexibility index (Phi) is 3.83. The van der Waals surface area contributed by atoms with Crippen molar-refractivity contribution in [3.05, 3.63) is 47.1 Å². The molecule has 0 radical (unpaired) electrons. The predicted octanol–water partition coefficient (Wildman–Crippen LogP) is 4.67. The SMILES string of the molecule is Fc1cc(Nc2nccnc2C2CCCC2)ccc1Cl. The quantitative estimate of drug-likeness (QED) is 0.893. The van der Waals surface area contributed by atoms with E-state index in [1.807, 2.05) is 0 Å². The smallest absolute Gasteiger partial charge is 0.152 e. The summed E-state index contributed by atoms with van der Waals surface area (Å²) in [6.45, 7) is 0. The maximum Gasteiger partial charge on any atom is 0.152 e. The molecule has 1 N–H and O–H groups in total. The zero-order valence-electron chi connectivity index (χ0n) is 10.9. The maximum atomic E-state index is 13.5. The number of aromatic nitrogens is 2. The molecule has 20 heavy (non-hydrogen) atoms. The highest BCUT2D eigenvalue weighted by Gasteiger charge is 2.22. The number of anilines is 2. The van der Waals surface area contributed by atoms with Gasteiger partial charge in [-0.3, -0.25) is 4.98 Å². The van der Waals surface area contributed by atoms with E-state index < -0.39 is 5.82 Å². The molecule has 3 rings (SSSR count). The molecular formula is C15H15ClFN3. The van der Waals surface area contributed by atoms with Crippen LogP contribution >= 0.6 is 11.6 Å². The second kappa shape index (κ2) is 5.75. The van der Waals surface area contributed by atoms with Crippen LogP contribution in [-0.2, 0) is 0 Å². The number of nitrogens with one attached hydrogen (secondary N) is 1. The minimum absolute atomic E-state index is 0.116. The summed E-state index contributed by atoms with van der Waals surface area (Å²) in [5.41, 5.74) is 1.60. The molecule has 1 aliphatic carbocycles. The van der Waals surface area contributed by atoms with E-state index in [2.05, 4.69) is 15.3 Å². The van der Waals surface area contributed by atoms with Crippen LogP contribution in [0.5, 0.6) is 0 Å². The third-order valence-corrected chi connectivity index (χ3v) is 3.96. The highest BCUT2D eigenvalue weighted by atomic mass is 35.5. The number of nitrogens with zero attached hydrogens (tertiary/aromatic N) is 2. The van der Waals surface area contributed by atoms with Gasteiger partial charge < -0.3 is 5.32 Å². The van der Waals surface area contributed by atoms with Gasteiger partial charge in [-0.2, -0.15) is 0 Å². The zero-order chi connectivity index (χ0) is 13.9. The number of hydrogen-bond donors (Lipinski definition) is 1. The molecular weight excluding hydrogens is 277 g/mol. The summed E-state index contributed by atoms with van der Waals surface area (Å²) in [5.74, 6) is 0.715. The van der Waals surface area contributed by atoms with Crippen molar-refractivity contribution in [1.29, 1.82) is 0 Å². The summed E-state index contributed by atoms with van der Waals surface area (Å²) in [5, 5.41) is 3.26. The van der Waals surface area contributed by atoms with E-state index in [-0.39, 0.29) is 5.02 Å². The van der Waals surface area contributed by atoms with Crippen molar-refractivity contribution in [2.75, 3.05) is 5.32 Å². The van der Waals surface area contributed by atoms with Crippen molar-refractivity contribution >= 4 is 23.1 Å². The van der Waals surface area contributed by atoms with Gasteiger partial charge in [0.2, 0.25) is 0 Å². The van der Waals surface area contributed by atoms with E-state index in [1.165, 1.54) is 25.0 Å². The summed E-state index contributed by atoms with van der Waals surface area (Å²) in [4.78, 5) is 8.79. The van der Waals surface area contributed by atoms with E-state index >= 15 is 0 Å². The van der Waals surface area contributed by atoms with Gasteiger partial charge in [-0.15, -0.1) is 0 Å². The Morgan fingerprint density at radius 2 is 1.90 bits per heavy atom. The summed E-state index contributed by atoms with van der Waals surface area (Å²) in [7, 11) is 0. The monoisotopic (exact) mass is 291 g/mol. The van der Waals surface area contributed by atoms with Crippen molar-refractivity contribution in [1.82, 2.24) is 9.97 Å². The first kappa shape index (κ1) is 13.3. The van der Waals surface area contributed by atoms with Gasteiger partial charge in [-0.25, -0.2) is 9.37 Å². The molecule has 0 spiro atoms. The van der Waals surface area contributed by atoms with Crippen LogP contribution in [-0.4, -0.2) is 9.97 Å². The third-order valence-electron chi connectivity index (χ3n) is 3.65. The molecule has 0 unspecified atom stereocenters. The standard InChI is InChI=1S/C15H15ClFN3/c16-12-6-5-11(9-13(12)17)20-15-14(18-7-8-19-15)10-3-1-2-4-10/h5-10H,1-4H2,(H,19,20). The molecule has 0 saturated heterocycles. The van der Waals surface area contributed by atoms with Gasteiger partial charge in [0.05, 0.1) is 10.7 Å². The zero-order valence-corrected chi connectivity index (χ0v) is 11.7. The first-order chi connectivity index (χ1) is 9.74. The largest absolute Gasteiger partial charge is 0.339 e. The highest BCUT2D eigenvalue weighted by molar-refractivity contribution is 6.30. The Hall–Kier alpha value is -1.68. The van der Waals surface area contributed by atoms with Crippen molar-refractivity contribution in [3.8, 4) is 0 Å². The molecule has 1 saturated carbocycles. The van der Waals surface area contributed by atoms with Crippen LogP contribution in [0.15, 0.2) is 30.6 Å². The van der Waals surface area contributed by atoms with Gasteiger partial charge in [0.25, 0.3) is 0 Å². The van der Waals surface area contributed by atoms with E-state index in [1.54, 1.807) is 18.5 Å². The average Bonchev–Trinajstić information content (AvgIpc) is 2.97. The fourth-order valence-corrected chi connectivity index (χ4v) is 2.77. The number of rotatable bonds is 3. The number of halogens is 2. The van der Waals surface area contributed by atoms with Gasteiger partial charge in [0, 0.05) is 24.0 Å². The van der Waals surface area contributed by atoms with Gasteiger partial charge in [-0.05, 0) is 31.0 Å². The lowest BCUT2D eigenvalue weighted by Gasteiger charge is -2.14. The van der Waals surface area contributed by atoms with Crippen LogP contribution in [0, 0.1) is 5.82 Å². The van der Waals surface area contributed by atoms with Gasteiger partial charge >= 0.3 is 0 Å². The van der Waals surface area contributed by atoms with Crippen LogP contribution < -0.4 is 5.32 Å². The lowest BCUT2D eigenvalue weighted by atomic mass is 10.0. The van der Waals surface area contributed by atoms with E-state index in [4.69, 9.17) is 11.6 Å². The Labute approximate surface area is 122 Å². The average molecular weight is 292 g/mol. The fourth-order valence-electron chi connectivity index (χ4n) is 2.65. The normalized spacial score (nSPS) is 15.5. The Balaban J connectivity index is 1.88. The predicted molar refractivity (Wildman–Crippen MR) is 77.9 cm³/mol. The summed E-state index contributed by atoms with van der Waals surface area (Å²) >= 11 is 5.69. The van der Waals surface area contributed by atoms with Crippen LogP contribution in [0.2, 0.25) is 5.02 Å².